The molecule has 4 fully saturated rings. The lowest BCUT2D eigenvalue weighted by Crippen LogP contribution is -2.76. The Morgan fingerprint density at radius 1 is 0.816 bits per heavy atom. The van der Waals surface area contributed by atoms with Crippen molar-refractivity contribution in [2.45, 2.75) is 138 Å². The summed E-state index contributed by atoms with van der Waals surface area (Å²) in [4.78, 5) is 26.8. The number of carbonyl (C=O) groups is 2. The van der Waals surface area contributed by atoms with Crippen LogP contribution in [-0.2, 0) is 19.1 Å². The van der Waals surface area contributed by atoms with Gasteiger partial charge in [0.1, 0.15) is 6.10 Å². The van der Waals surface area contributed by atoms with Gasteiger partial charge in [-0.3, -0.25) is 0 Å². The van der Waals surface area contributed by atoms with Gasteiger partial charge in [0.2, 0.25) is 0 Å². The molecule has 276 valence electrons. The minimum Gasteiger partial charge on any atom is -0.454 e. The van der Waals surface area contributed by atoms with Crippen molar-refractivity contribution in [3.63, 3.8) is 0 Å². The van der Waals surface area contributed by atoms with E-state index in [-0.39, 0.29) is 23.9 Å². The van der Waals surface area contributed by atoms with Crippen LogP contribution >= 0.6 is 0 Å². The van der Waals surface area contributed by atoms with Crippen LogP contribution in [0.5, 0.6) is 0 Å². The largest absolute Gasteiger partial charge is 0.454 e. The van der Waals surface area contributed by atoms with Gasteiger partial charge >= 0.3 is 11.9 Å². The van der Waals surface area contributed by atoms with Crippen LogP contribution in [0.15, 0.2) is 34.9 Å². The highest BCUT2D eigenvalue weighted by atomic mass is 16.6. The van der Waals surface area contributed by atoms with Crippen molar-refractivity contribution in [1.29, 1.82) is 0 Å². The minimum absolute atomic E-state index is 0.0795. The first kappa shape index (κ1) is 38.2. The molecule has 0 saturated heterocycles. The summed E-state index contributed by atoms with van der Waals surface area (Å²) in [6.45, 7) is 18.6. The predicted molar refractivity (Wildman–Crippen MR) is 186 cm³/mol. The van der Waals surface area contributed by atoms with E-state index in [2.05, 4.69) is 26.8 Å². The topological polar surface area (TPSA) is 154 Å². The number of hydrogen-bond acceptors (Lipinski definition) is 9. The maximum Gasteiger partial charge on any atom is 0.333 e. The van der Waals surface area contributed by atoms with Gasteiger partial charge in [-0.05, 0) is 94.8 Å². The fourth-order valence-electron chi connectivity index (χ4n) is 12.0. The van der Waals surface area contributed by atoms with Gasteiger partial charge in [-0.25, -0.2) is 9.59 Å². The maximum atomic E-state index is 13.5. The Hall–Kier alpha value is -2.04. The second kappa shape index (κ2) is 12.6. The molecule has 0 aromatic rings. The highest BCUT2D eigenvalue weighted by molar-refractivity contribution is 5.88. The molecule has 9 heteroatoms. The van der Waals surface area contributed by atoms with Crippen LogP contribution in [0.4, 0.5) is 0 Å². The van der Waals surface area contributed by atoms with E-state index in [9.17, 15) is 35.1 Å². The average Bonchev–Trinajstić information content (AvgIpc) is 3.06. The van der Waals surface area contributed by atoms with Gasteiger partial charge in [-0.15, -0.1) is 0 Å². The second-order valence-corrected chi connectivity index (χ2v) is 17.9. The molecular weight excluding hydrogens is 624 g/mol. The van der Waals surface area contributed by atoms with Crippen LogP contribution in [-0.4, -0.2) is 81.2 Å². The first-order valence-corrected chi connectivity index (χ1v) is 18.4. The van der Waals surface area contributed by atoms with E-state index < -0.39 is 82.1 Å². The van der Waals surface area contributed by atoms with Gasteiger partial charge in [-0.2, -0.15) is 0 Å². The Morgan fingerprint density at radius 2 is 1.39 bits per heavy atom. The third-order valence-electron chi connectivity index (χ3n) is 15.5. The molecule has 13 atom stereocenters. The summed E-state index contributed by atoms with van der Waals surface area (Å²) in [7, 11) is 0. The van der Waals surface area contributed by atoms with Gasteiger partial charge in [0.25, 0.3) is 0 Å². The SMILES string of the molecule is C/C=C(/C)C(=O)O[C@H]1[C@H](OC(=O)/C(C)=C/C)C(C)(C)CC2C3=CCC4[C@@]5(C)CC[C@H](O)[C@](C)(CO)C5CC[C@@]4(C)[C@]3(C)[C@@H](O)[C@@H](O)[C@]21CO. The van der Waals surface area contributed by atoms with Crippen LogP contribution in [0.3, 0.4) is 0 Å². The van der Waals surface area contributed by atoms with Gasteiger partial charge < -0.3 is 35.0 Å². The number of aliphatic hydroxyl groups excluding tert-OH is 5. The highest BCUT2D eigenvalue weighted by Crippen LogP contribution is 2.76. The van der Waals surface area contributed by atoms with Crippen molar-refractivity contribution >= 4 is 11.9 Å². The van der Waals surface area contributed by atoms with Crippen LogP contribution in [0.1, 0.15) is 108 Å². The van der Waals surface area contributed by atoms with Crippen molar-refractivity contribution in [3.8, 4) is 0 Å². The normalized spacial score (nSPS) is 47.9. The molecule has 3 unspecified atom stereocenters. The Bertz CT molecular complexity index is 1430. The second-order valence-electron chi connectivity index (χ2n) is 17.9. The van der Waals surface area contributed by atoms with Crippen LogP contribution in [0, 0.1) is 50.2 Å². The summed E-state index contributed by atoms with van der Waals surface area (Å²) >= 11 is 0. The van der Waals surface area contributed by atoms with Crippen molar-refractivity contribution in [1.82, 2.24) is 0 Å². The molecule has 0 bridgehead atoms. The van der Waals surface area contributed by atoms with Crippen molar-refractivity contribution in [3.05, 3.63) is 34.9 Å². The smallest absolute Gasteiger partial charge is 0.333 e. The molecule has 0 aromatic carbocycles. The Kier molecular flexibility index (Phi) is 9.80. The number of rotatable bonds is 6. The minimum atomic E-state index is -1.56. The highest BCUT2D eigenvalue weighted by Gasteiger charge is 2.76. The van der Waals surface area contributed by atoms with Gasteiger partial charge in [0, 0.05) is 27.4 Å². The zero-order valence-corrected chi connectivity index (χ0v) is 31.4. The summed E-state index contributed by atoms with van der Waals surface area (Å²) in [5.74, 6) is -1.55. The summed E-state index contributed by atoms with van der Waals surface area (Å²) in [5, 5.41) is 58.4. The lowest BCUT2D eigenvalue weighted by atomic mass is 9.32. The van der Waals surface area contributed by atoms with E-state index in [1.807, 2.05) is 20.8 Å². The van der Waals surface area contributed by atoms with Crippen molar-refractivity contribution in [2.24, 2.45) is 50.2 Å². The van der Waals surface area contributed by atoms with E-state index in [1.54, 1.807) is 39.8 Å². The summed E-state index contributed by atoms with van der Waals surface area (Å²) in [6, 6.07) is 0. The quantitative estimate of drug-likeness (QED) is 0.147. The average molecular weight is 687 g/mol. The predicted octanol–water partition coefficient (Wildman–Crippen LogP) is 5.03. The summed E-state index contributed by atoms with van der Waals surface area (Å²) in [6.07, 6.45) is 3.73. The molecule has 0 heterocycles. The van der Waals surface area contributed by atoms with E-state index in [1.165, 1.54) is 0 Å². The van der Waals surface area contributed by atoms with E-state index in [0.29, 0.717) is 30.4 Å². The molecule has 5 aliphatic carbocycles. The lowest BCUT2D eigenvalue weighted by Gasteiger charge is -2.73. The molecule has 9 nitrogen and oxygen atoms in total. The fourth-order valence-corrected chi connectivity index (χ4v) is 12.0. The summed E-state index contributed by atoms with van der Waals surface area (Å²) < 4.78 is 12.4. The molecule has 0 radical (unpaired) electrons. The first-order valence-electron chi connectivity index (χ1n) is 18.4. The number of fused-ring (bicyclic) bond motifs is 7. The van der Waals surface area contributed by atoms with E-state index in [4.69, 9.17) is 9.47 Å². The number of ether oxygens (including phenoxy) is 2. The van der Waals surface area contributed by atoms with Crippen LogP contribution in [0.2, 0.25) is 0 Å². The number of allylic oxidation sites excluding steroid dienone is 3. The molecule has 5 aliphatic rings. The number of carbonyl (C=O) groups excluding carboxylic acids is 2. The monoisotopic (exact) mass is 686 g/mol. The Labute approximate surface area is 292 Å². The number of aliphatic hydroxyl groups is 5. The molecule has 4 saturated carbocycles. The Morgan fingerprint density at radius 3 is 1.92 bits per heavy atom. The van der Waals surface area contributed by atoms with Crippen LogP contribution < -0.4 is 0 Å². The molecule has 0 aromatic heterocycles. The fraction of sp³-hybridized carbons (Fsp3) is 0.800. The zero-order valence-electron chi connectivity index (χ0n) is 31.4. The molecule has 49 heavy (non-hydrogen) atoms. The number of esters is 2. The molecular formula is C40H62O9. The molecule has 5 rings (SSSR count). The molecule has 0 spiro atoms. The van der Waals surface area contributed by atoms with E-state index in [0.717, 1.165) is 24.8 Å². The number of hydrogen-bond donors (Lipinski definition) is 5. The lowest BCUT2D eigenvalue weighted by molar-refractivity contribution is -0.293. The maximum absolute atomic E-state index is 13.5. The standard InChI is InChI=1S/C40H62O9/c1-11-22(3)33(46)48-31-32(49-34(47)23(4)12-2)40(21-42)25(19-35(31,5)6)24-13-14-27-36(7)17-16-28(43)37(8,20-41)26(36)15-18-38(27,9)39(24,10)29(44)30(40)45/h11-13,25-32,41-45H,14-21H2,1-10H3/b22-11+,23-12-/t25?,26?,27?,28-,29-,30+,31-,32-,36-,37+,38+,39-,40-/m0/s1. The van der Waals surface area contributed by atoms with Gasteiger partial charge in [0.05, 0.1) is 36.9 Å². The molecule has 0 amide bonds. The van der Waals surface area contributed by atoms with Crippen molar-refractivity contribution in [2.75, 3.05) is 13.2 Å². The van der Waals surface area contributed by atoms with E-state index >= 15 is 0 Å². The Balaban J connectivity index is 1.69. The first-order chi connectivity index (χ1) is 22.7. The van der Waals surface area contributed by atoms with Crippen LogP contribution in [0.25, 0.3) is 0 Å². The molecule has 0 aliphatic heterocycles. The third kappa shape index (κ3) is 5.02. The van der Waals surface area contributed by atoms with Gasteiger partial charge in [-0.1, -0.05) is 65.3 Å². The third-order valence-corrected chi connectivity index (χ3v) is 15.5. The summed E-state index contributed by atoms with van der Waals surface area (Å²) in [5.41, 5.74) is -2.90. The zero-order chi connectivity index (χ0) is 36.7. The molecule has 5 N–H and O–H groups in total. The van der Waals surface area contributed by atoms with Crippen molar-refractivity contribution < 1.29 is 44.6 Å². The van der Waals surface area contributed by atoms with Gasteiger partial charge in [0.15, 0.2) is 6.10 Å².